The highest BCUT2D eigenvalue weighted by atomic mass is 32.1. The zero-order valence-corrected chi connectivity index (χ0v) is 20.5. The molecule has 4 amide bonds. The molecule has 1 aliphatic rings. The number of carbonyl (C=O) groups is 3. The second-order valence-electron chi connectivity index (χ2n) is 8.13. The number of thiazole rings is 1. The van der Waals surface area contributed by atoms with Crippen LogP contribution >= 0.6 is 11.3 Å². The molecule has 1 unspecified atom stereocenters. The number of imide groups is 1. The molecule has 0 bridgehead atoms. The normalized spacial score (nSPS) is 17.3. The Morgan fingerprint density at radius 2 is 1.80 bits per heavy atom. The van der Waals surface area contributed by atoms with Crippen LogP contribution in [0, 0.1) is 0 Å². The first-order valence-corrected chi connectivity index (χ1v) is 12.0. The molecular formula is C25H26N4O5S. The van der Waals surface area contributed by atoms with Crippen molar-refractivity contribution in [3.8, 4) is 22.8 Å². The summed E-state index contributed by atoms with van der Waals surface area (Å²) in [6.45, 7) is 3.89. The maximum absolute atomic E-state index is 13.1. The highest BCUT2D eigenvalue weighted by molar-refractivity contribution is 7.14. The van der Waals surface area contributed by atoms with Crippen molar-refractivity contribution in [1.29, 1.82) is 0 Å². The first kappa shape index (κ1) is 24.2. The Kier molecular flexibility index (Phi) is 7.02. The Bertz CT molecular complexity index is 1230. The van der Waals surface area contributed by atoms with Crippen LogP contribution in [0.3, 0.4) is 0 Å². The van der Waals surface area contributed by atoms with Gasteiger partial charge in [-0.05, 0) is 55.3 Å². The second kappa shape index (κ2) is 10.1. The van der Waals surface area contributed by atoms with Gasteiger partial charge in [-0.25, -0.2) is 9.78 Å². The molecule has 0 aliphatic carbocycles. The summed E-state index contributed by atoms with van der Waals surface area (Å²) >= 11 is 1.26. The van der Waals surface area contributed by atoms with Crippen molar-refractivity contribution in [2.75, 3.05) is 25.6 Å². The number of aromatic nitrogens is 1. The van der Waals surface area contributed by atoms with Crippen molar-refractivity contribution in [3.05, 3.63) is 59.5 Å². The number of benzene rings is 2. The van der Waals surface area contributed by atoms with Crippen molar-refractivity contribution in [2.45, 2.75) is 25.8 Å². The Hall–Kier alpha value is -3.92. The zero-order chi connectivity index (χ0) is 25.0. The Morgan fingerprint density at radius 3 is 2.46 bits per heavy atom. The molecule has 3 aromatic rings. The molecule has 2 heterocycles. The van der Waals surface area contributed by atoms with Crippen LogP contribution < -0.4 is 20.1 Å². The van der Waals surface area contributed by atoms with Gasteiger partial charge in [-0.3, -0.25) is 14.5 Å². The predicted molar refractivity (Wildman–Crippen MR) is 133 cm³/mol. The van der Waals surface area contributed by atoms with Crippen LogP contribution in [0.4, 0.5) is 9.93 Å². The molecule has 2 aromatic carbocycles. The number of anilines is 1. The highest BCUT2D eigenvalue weighted by Crippen LogP contribution is 2.30. The summed E-state index contributed by atoms with van der Waals surface area (Å²) in [5.41, 5.74) is 0.907. The summed E-state index contributed by atoms with van der Waals surface area (Å²) in [6, 6.07) is 13.8. The summed E-state index contributed by atoms with van der Waals surface area (Å²) in [6.07, 6.45) is 0.933. The molecule has 4 rings (SSSR count). The number of amides is 4. The third-order valence-corrected chi connectivity index (χ3v) is 6.38. The van der Waals surface area contributed by atoms with E-state index in [0.29, 0.717) is 28.7 Å². The van der Waals surface area contributed by atoms with Gasteiger partial charge in [-0.1, -0.05) is 19.1 Å². The van der Waals surface area contributed by atoms with E-state index in [1.165, 1.54) is 11.3 Å². The first-order valence-electron chi connectivity index (χ1n) is 11.1. The maximum Gasteiger partial charge on any atom is 0.325 e. The van der Waals surface area contributed by atoms with Crippen LogP contribution in [-0.4, -0.2) is 48.0 Å². The zero-order valence-electron chi connectivity index (χ0n) is 19.7. The molecule has 0 radical (unpaired) electrons. The van der Waals surface area contributed by atoms with E-state index in [1.807, 2.05) is 36.6 Å². The number of hydrogen-bond acceptors (Lipinski definition) is 7. The minimum atomic E-state index is -1.27. The van der Waals surface area contributed by atoms with E-state index in [4.69, 9.17) is 9.47 Å². The number of rotatable bonds is 9. The van der Waals surface area contributed by atoms with Crippen molar-refractivity contribution in [2.24, 2.45) is 0 Å². The van der Waals surface area contributed by atoms with Crippen LogP contribution in [0.1, 0.15) is 25.8 Å². The third kappa shape index (κ3) is 5.12. The van der Waals surface area contributed by atoms with Crippen molar-refractivity contribution in [1.82, 2.24) is 15.2 Å². The minimum absolute atomic E-state index is 0.376. The van der Waals surface area contributed by atoms with E-state index < -0.39 is 29.9 Å². The number of nitrogens with zero attached hydrogens (tertiary/aromatic N) is 2. The number of methoxy groups -OCH3 is 1. The predicted octanol–water partition coefficient (Wildman–Crippen LogP) is 4.01. The van der Waals surface area contributed by atoms with E-state index >= 15 is 0 Å². The van der Waals surface area contributed by atoms with Crippen LogP contribution in [0.25, 0.3) is 11.3 Å². The molecule has 10 heteroatoms. The molecule has 1 atom stereocenters. The average molecular weight is 495 g/mol. The molecule has 0 saturated carbocycles. The summed E-state index contributed by atoms with van der Waals surface area (Å²) in [7, 11) is 1.55. The number of ether oxygens (including phenoxy) is 2. The molecule has 35 heavy (non-hydrogen) atoms. The van der Waals surface area contributed by atoms with Crippen LogP contribution in [-0.2, 0) is 15.1 Å². The largest absolute Gasteiger partial charge is 0.497 e. The molecule has 1 saturated heterocycles. The fourth-order valence-corrected chi connectivity index (χ4v) is 4.40. The van der Waals surface area contributed by atoms with Gasteiger partial charge in [0.15, 0.2) is 5.13 Å². The Labute approximate surface area is 207 Å². The minimum Gasteiger partial charge on any atom is -0.497 e. The summed E-state index contributed by atoms with van der Waals surface area (Å²) in [4.78, 5) is 43.6. The summed E-state index contributed by atoms with van der Waals surface area (Å²) in [5, 5.41) is 7.57. The molecule has 2 N–H and O–H groups in total. The number of hydrogen-bond donors (Lipinski definition) is 2. The third-order valence-electron chi connectivity index (χ3n) is 5.62. The van der Waals surface area contributed by atoms with Gasteiger partial charge >= 0.3 is 6.03 Å². The molecule has 1 aliphatic heterocycles. The molecule has 1 aromatic heterocycles. The van der Waals surface area contributed by atoms with Crippen molar-refractivity contribution >= 4 is 34.3 Å². The fourth-order valence-electron chi connectivity index (χ4n) is 3.67. The molecular weight excluding hydrogens is 468 g/mol. The SMILES string of the molecule is CCCOc1ccc(-c2csc(NC(=O)CN3C(=O)NC(C)(c4ccc(OC)cc4)C3=O)n2)cc1. The van der Waals surface area contributed by atoms with Gasteiger partial charge in [0.25, 0.3) is 5.91 Å². The van der Waals surface area contributed by atoms with E-state index in [1.54, 1.807) is 38.3 Å². The number of urea groups is 1. The van der Waals surface area contributed by atoms with Crippen LogP contribution in [0.5, 0.6) is 11.5 Å². The topological polar surface area (TPSA) is 110 Å². The van der Waals surface area contributed by atoms with Gasteiger partial charge in [0.1, 0.15) is 23.6 Å². The Morgan fingerprint density at radius 1 is 1.11 bits per heavy atom. The number of carbonyl (C=O) groups excluding carboxylic acids is 3. The molecule has 0 spiro atoms. The summed E-state index contributed by atoms with van der Waals surface area (Å²) in [5.74, 6) is 0.396. The summed E-state index contributed by atoms with van der Waals surface area (Å²) < 4.78 is 10.7. The smallest absolute Gasteiger partial charge is 0.325 e. The molecule has 182 valence electrons. The van der Waals surface area contributed by atoms with Gasteiger partial charge in [-0.15, -0.1) is 11.3 Å². The van der Waals surface area contributed by atoms with Gasteiger partial charge in [0.2, 0.25) is 5.91 Å². The lowest BCUT2D eigenvalue weighted by molar-refractivity contribution is -0.133. The number of nitrogens with one attached hydrogen (secondary N) is 2. The van der Waals surface area contributed by atoms with Crippen LogP contribution in [0.2, 0.25) is 0 Å². The average Bonchev–Trinajstić information content (AvgIpc) is 3.41. The van der Waals surface area contributed by atoms with Gasteiger partial charge in [-0.2, -0.15) is 0 Å². The van der Waals surface area contributed by atoms with E-state index in [9.17, 15) is 14.4 Å². The van der Waals surface area contributed by atoms with E-state index in [0.717, 1.165) is 22.6 Å². The maximum atomic E-state index is 13.1. The molecule has 9 nitrogen and oxygen atoms in total. The van der Waals surface area contributed by atoms with Gasteiger partial charge < -0.3 is 20.1 Å². The fraction of sp³-hybridized carbons (Fsp3) is 0.280. The lowest BCUT2D eigenvalue weighted by Gasteiger charge is -2.22. The lowest BCUT2D eigenvalue weighted by atomic mass is 9.92. The van der Waals surface area contributed by atoms with E-state index in [-0.39, 0.29) is 0 Å². The van der Waals surface area contributed by atoms with Gasteiger partial charge in [0.05, 0.1) is 19.4 Å². The van der Waals surface area contributed by atoms with Gasteiger partial charge in [0, 0.05) is 10.9 Å². The Balaban J connectivity index is 1.39. The van der Waals surface area contributed by atoms with Crippen molar-refractivity contribution in [3.63, 3.8) is 0 Å². The first-order chi connectivity index (χ1) is 16.8. The quantitative estimate of drug-likeness (QED) is 0.435. The highest BCUT2D eigenvalue weighted by Gasteiger charge is 2.49. The lowest BCUT2D eigenvalue weighted by Crippen LogP contribution is -2.42. The standard InChI is InChI=1S/C25H26N4O5S/c1-4-13-34-19-9-5-16(6-10-19)20-15-35-23(26-20)27-21(30)14-29-22(31)25(2,28-24(29)32)17-7-11-18(33-3)12-8-17/h5-12,15H,4,13-14H2,1-3H3,(H,28,32)(H,26,27,30). The van der Waals surface area contributed by atoms with E-state index in [2.05, 4.69) is 15.6 Å². The molecule has 1 fully saturated rings. The van der Waals surface area contributed by atoms with Crippen molar-refractivity contribution < 1.29 is 23.9 Å². The monoisotopic (exact) mass is 494 g/mol. The van der Waals surface area contributed by atoms with Crippen LogP contribution in [0.15, 0.2) is 53.9 Å². The second-order valence-corrected chi connectivity index (χ2v) is 8.99.